The van der Waals surface area contributed by atoms with Crippen molar-refractivity contribution in [3.63, 3.8) is 0 Å². The lowest BCUT2D eigenvalue weighted by Gasteiger charge is -2.09. The summed E-state index contributed by atoms with van der Waals surface area (Å²) in [6.07, 6.45) is 2.22. The molecule has 0 aromatic carbocycles. The van der Waals surface area contributed by atoms with Gasteiger partial charge in [0.05, 0.1) is 11.8 Å². The number of amides is 1. The van der Waals surface area contributed by atoms with E-state index in [4.69, 9.17) is 9.52 Å². The van der Waals surface area contributed by atoms with E-state index in [1.807, 2.05) is 13.8 Å². The van der Waals surface area contributed by atoms with Gasteiger partial charge in [-0.25, -0.2) is 0 Å². The molecule has 0 spiro atoms. The highest BCUT2D eigenvalue weighted by Crippen LogP contribution is 2.10. The third kappa shape index (κ3) is 3.09. The minimum absolute atomic E-state index is 0.0749. The van der Waals surface area contributed by atoms with Gasteiger partial charge in [-0.1, -0.05) is 13.8 Å². The average molecular weight is 211 g/mol. The summed E-state index contributed by atoms with van der Waals surface area (Å²) in [5.41, 5.74) is 0.586. The van der Waals surface area contributed by atoms with Crippen LogP contribution in [0.15, 0.2) is 16.7 Å². The Hall–Kier alpha value is -1.29. The van der Waals surface area contributed by atoms with E-state index in [1.54, 1.807) is 6.07 Å². The fourth-order valence-electron chi connectivity index (χ4n) is 1.24. The van der Waals surface area contributed by atoms with Gasteiger partial charge >= 0.3 is 0 Å². The molecule has 0 aliphatic carbocycles. The lowest BCUT2D eigenvalue weighted by atomic mass is 10.1. The van der Waals surface area contributed by atoms with E-state index in [9.17, 15) is 4.79 Å². The minimum atomic E-state index is -0.138. The standard InChI is InChI=1S/C11H17NO3/c1-3-10-9(4-5-15-10)11(14)12-6-8(2)7-13/h4-5,8,13H,3,6-7H2,1-2H3,(H,12,14). The molecule has 4 heteroatoms. The van der Waals surface area contributed by atoms with Crippen molar-refractivity contribution in [2.75, 3.05) is 13.2 Å². The second-order valence-corrected chi connectivity index (χ2v) is 3.61. The first-order valence-corrected chi connectivity index (χ1v) is 5.14. The Bertz CT molecular complexity index is 319. The molecule has 1 aromatic heterocycles. The maximum absolute atomic E-state index is 11.7. The Kier molecular flexibility index (Phi) is 4.37. The molecule has 1 atom stereocenters. The molecule has 1 amide bonds. The minimum Gasteiger partial charge on any atom is -0.469 e. The maximum Gasteiger partial charge on any atom is 0.254 e. The number of rotatable bonds is 5. The van der Waals surface area contributed by atoms with Crippen molar-refractivity contribution >= 4 is 5.91 Å². The summed E-state index contributed by atoms with van der Waals surface area (Å²) < 4.78 is 5.16. The highest BCUT2D eigenvalue weighted by Gasteiger charge is 2.13. The highest BCUT2D eigenvalue weighted by atomic mass is 16.3. The van der Waals surface area contributed by atoms with Crippen molar-refractivity contribution in [3.05, 3.63) is 23.7 Å². The fraction of sp³-hybridized carbons (Fsp3) is 0.545. The normalized spacial score (nSPS) is 12.5. The second kappa shape index (κ2) is 5.56. The SMILES string of the molecule is CCc1occc1C(=O)NCC(C)CO. The lowest BCUT2D eigenvalue weighted by Crippen LogP contribution is -2.29. The molecular formula is C11H17NO3. The van der Waals surface area contributed by atoms with Crippen LogP contribution in [0.4, 0.5) is 0 Å². The summed E-state index contributed by atoms with van der Waals surface area (Å²) in [6, 6.07) is 1.66. The Labute approximate surface area is 89.3 Å². The fourth-order valence-corrected chi connectivity index (χ4v) is 1.24. The summed E-state index contributed by atoms with van der Waals surface area (Å²) in [4.78, 5) is 11.7. The zero-order chi connectivity index (χ0) is 11.3. The molecule has 0 saturated carbocycles. The van der Waals surface area contributed by atoms with Crippen molar-refractivity contribution < 1.29 is 14.3 Å². The van der Waals surface area contributed by atoms with Crippen LogP contribution in [0.1, 0.15) is 30.0 Å². The van der Waals surface area contributed by atoms with Gasteiger partial charge in [-0.15, -0.1) is 0 Å². The molecule has 0 radical (unpaired) electrons. The molecule has 0 bridgehead atoms. The van der Waals surface area contributed by atoms with E-state index in [2.05, 4.69) is 5.32 Å². The van der Waals surface area contributed by atoms with Crippen LogP contribution < -0.4 is 5.32 Å². The lowest BCUT2D eigenvalue weighted by molar-refractivity contribution is 0.0940. The van der Waals surface area contributed by atoms with Crippen LogP contribution in [0, 0.1) is 5.92 Å². The van der Waals surface area contributed by atoms with E-state index >= 15 is 0 Å². The van der Waals surface area contributed by atoms with Crippen molar-refractivity contribution in [3.8, 4) is 0 Å². The average Bonchev–Trinajstić information content (AvgIpc) is 2.73. The Balaban J connectivity index is 2.54. The number of hydrogen-bond acceptors (Lipinski definition) is 3. The van der Waals surface area contributed by atoms with Gasteiger partial charge in [-0.05, 0) is 12.0 Å². The molecule has 0 aliphatic heterocycles. The van der Waals surface area contributed by atoms with Gasteiger partial charge in [0.2, 0.25) is 0 Å². The van der Waals surface area contributed by atoms with Gasteiger partial charge in [-0.3, -0.25) is 4.79 Å². The van der Waals surface area contributed by atoms with Crippen LogP contribution in [0.2, 0.25) is 0 Å². The predicted octanol–water partition coefficient (Wildman–Crippen LogP) is 1.20. The van der Waals surface area contributed by atoms with Crippen molar-refractivity contribution in [1.82, 2.24) is 5.32 Å². The van der Waals surface area contributed by atoms with Gasteiger partial charge in [0.1, 0.15) is 5.76 Å². The van der Waals surface area contributed by atoms with Crippen LogP contribution in [0.25, 0.3) is 0 Å². The van der Waals surface area contributed by atoms with Crippen molar-refractivity contribution in [2.24, 2.45) is 5.92 Å². The van der Waals surface area contributed by atoms with Crippen LogP contribution in [0.3, 0.4) is 0 Å². The van der Waals surface area contributed by atoms with Crippen LogP contribution in [0.5, 0.6) is 0 Å². The molecular weight excluding hydrogens is 194 g/mol. The zero-order valence-corrected chi connectivity index (χ0v) is 9.12. The molecule has 2 N–H and O–H groups in total. The zero-order valence-electron chi connectivity index (χ0n) is 9.12. The molecule has 0 saturated heterocycles. The molecule has 0 fully saturated rings. The third-order valence-electron chi connectivity index (χ3n) is 2.23. The molecule has 0 aliphatic rings. The predicted molar refractivity (Wildman–Crippen MR) is 56.7 cm³/mol. The van der Waals surface area contributed by atoms with Crippen LogP contribution in [-0.2, 0) is 6.42 Å². The summed E-state index contributed by atoms with van der Waals surface area (Å²) in [6.45, 7) is 4.36. The summed E-state index contributed by atoms with van der Waals surface area (Å²) in [5, 5.41) is 11.6. The summed E-state index contributed by atoms with van der Waals surface area (Å²) >= 11 is 0. The quantitative estimate of drug-likeness (QED) is 0.769. The summed E-state index contributed by atoms with van der Waals surface area (Å²) in [7, 11) is 0. The maximum atomic E-state index is 11.7. The molecule has 1 heterocycles. The van der Waals surface area contributed by atoms with Crippen molar-refractivity contribution in [2.45, 2.75) is 20.3 Å². The number of furan rings is 1. The number of hydrogen-bond donors (Lipinski definition) is 2. The number of carbonyl (C=O) groups is 1. The van der Waals surface area contributed by atoms with Crippen LogP contribution in [-0.4, -0.2) is 24.2 Å². The summed E-state index contributed by atoms with van der Waals surface area (Å²) in [5.74, 6) is 0.635. The molecule has 84 valence electrons. The largest absolute Gasteiger partial charge is 0.469 e. The number of carbonyl (C=O) groups excluding carboxylic acids is 1. The molecule has 4 nitrogen and oxygen atoms in total. The highest BCUT2D eigenvalue weighted by molar-refractivity contribution is 5.95. The smallest absolute Gasteiger partial charge is 0.254 e. The Morgan fingerprint density at radius 2 is 2.40 bits per heavy atom. The van der Waals surface area contributed by atoms with Gasteiger partial charge in [0, 0.05) is 19.6 Å². The number of aliphatic hydroxyl groups excluding tert-OH is 1. The Morgan fingerprint density at radius 1 is 1.67 bits per heavy atom. The third-order valence-corrected chi connectivity index (χ3v) is 2.23. The van der Waals surface area contributed by atoms with Gasteiger partial charge < -0.3 is 14.8 Å². The van der Waals surface area contributed by atoms with Gasteiger partial charge in [-0.2, -0.15) is 0 Å². The van der Waals surface area contributed by atoms with E-state index in [1.165, 1.54) is 6.26 Å². The number of aliphatic hydroxyl groups is 1. The van der Waals surface area contributed by atoms with E-state index in [0.29, 0.717) is 24.3 Å². The first-order chi connectivity index (χ1) is 7.19. The monoisotopic (exact) mass is 211 g/mol. The van der Waals surface area contributed by atoms with E-state index in [0.717, 1.165) is 0 Å². The Morgan fingerprint density at radius 3 is 3.00 bits per heavy atom. The van der Waals surface area contributed by atoms with E-state index in [-0.39, 0.29) is 18.4 Å². The first kappa shape index (κ1) is 11.8. The molecule has 1 unspecified atom stereocenters. The molecule has 15 heavy (non-hydrogen) atoms. The first-order valence-electron chi connectivity index (χ1n) is 5.14. The number of nitrogens with one attached hydrogen (secondary N) is 1. The van der Waals surface area contributed by atoms with Gasteiger partial charge in [0.25, 0.3) is 5.91 Å². The number of aryl methyl sites for hydroxylation is 1. The van der Waals surface area contributed by atoms with Crippen LogP contribution >= 0.6 is 0 Å². The van der Waals surface area contributed by atoms with Crippen molar-refractivity contribution in [1.29, 1.82) is 0 Å². The second-order valence-electron chi connectivity index (χ2n) is 3.61. The molecule has 1 aromatic rings. The topological polar surface area (TPSA) is 62.5 Å². The van der Waals surface area contributed by atoms with E-state index < -0.39 is 0 Å². The molecule has 1 rings (SSSR count). The van der Waals surface area contributed by atoms with Gasteiger partial charge in [0.15, 0.2) is 0 Å².